The van der Waals surface area contributed by atoms with Gasteiger partial charge >= 0.3 is 0 Å². The molecule has 0 amide bonds. The lowest BCUT2D eigenvalue weighted by atomic mass is 10.2. The van der Waals surface area contributed by atoms with Gasteiger partial charge in [0.15, 0.2) is 5.82 Å². The molecule has 3 aromatic rings. The molecule has 21 heavy (non-hydrogen) atoms. The van der Waals surface area contributed by atoms with Gasteiger partial charge in [0, 0.05) is 11.6 Å². The average Bonchev–Trinajstić information content (AvgIpc) is 2.99. The third kappa shape index (κ3) is 3.38. The summed E-state index contributed by atoms with van der Waals surface area (Å²) >= 11 is 6.00. The lowest BCUT2D eigenvalue weighted by Gasteiger charge is -2.07. The fourth-order valence-electron chi connectivity index (χ4n) is 1.83. The highest BCUT2D eigenvalue weighted by Crippen LogP contribution is 2.21. The van der Waals surface area contributed by atoms with E-state index in [4.69, 9.17) is 16.0 Å². The molecule has 0 spiro atoms. The number of rotatable bonds is 4. The Labute approximate surface area is 125 Å². The van der Waals surface area contributed by atoms with Gasteiger partial charge in [-0.25, -0.2) is 14.4 Å². The third-order valence-electron chi connectivity index (χ3n) is 2.82. The smallest absolute Gasteiger partial charge is 0.163 e. The standard InChI is InChI=1S/C15H11ClFN3O/c16-13-8-14(18-9-12-2-1-7-21-12)20-15(19-13)10-3-5-11(17)6-4-10/h1-8H,9H2,(H,18,19,20). The van der Waals surface area contributed by atoms with Crippen LogP contribution in [0.15, 0.2) is 53.1 Å². The molecule has 0 saturated heterocycles. The zero-order valence-corrected chi connectivity index (χ0v) is 11.6. The number of aromatic nitrogens is 2. The number of benzene rings is 1. The molecule has 0 atom stereocenters. The molecule has 0 saturated carbocycles. The van der Waals surface area contributed by atoms with Crippen molar-refractivity contribution in [2.75, 3.05) is 5.32 Å². The molecule has 0 aliphatic carbocycles. The van der Waals surface area contributed by atoms with Crippen LogP contribution in [0.3, 0.4) is 0 Å². The van der Waals surface area contributed by atoms with E-state index in [0.29, 0.717) is 28.9 Å². The third-order valence-corrected chi connectivity index (χ3v) is 3.01. The maximum absolute atomic E-state index is 12.9. The molecule has 0 fully saturated rings. The summed E-state index contributed by atoms with van der Waals surface area (Å²) in [5.41, 5.74) is 0.694. The molecule has 6 heteroatoms. The summed E-state index contributed by atoms with van der Waals surface area (Å²) in [6, 6.07) is 11.2. The highest BCUT2D eigenvalue weighted by Gasteiger charge is 2.06. The van der Waals surface area contributed by atoms with E-state index in [1.807, 2.05) is 12.1 Å². The Hall–Kier alpha value is -2.40. The summed E-state index contributed by atoms with van der Waals surface area (Å²) in [5.74, 6) is 1.49. The van der Waals surface area contributed by atoms with Gasteiger partial charge in [-0.3, -0.25) is 0 Å². The van der Waals surface area contributed by atoms with Crippen molar-refractivity contribution >= 4 is 17.4 Å². The van der Waals surface area contributed by atoms with Crippen molar-refractivity contribution in [1.82, 2.24) is 9.97 Å². The highest BCUT2D eigenvalue weighted by molar-refractivity contribution is 6.29. The van der Waals surface area contributed by atoms with Gasteiger partial charge in [-0.2, -0.15) is 0 Å². The van der Waals surface area contributed by atoms with Gasteiger partial charge < -0.3 is 9.73 Å². The lowest BCUT2D eigenvalue weighted by Crippen LogP contribution is -2.02. The van der Waals surface area contributed by atoms with E-state index >= 15 is 0 Å². The van der Waals surface area contributed by atoms with E-state index in [0.717, 1.165) is 5.76 Å². The second-order valence-corrected chi connectivity index (χ2v) is 4.73. The Morgan fingerprint density at radius 3 is 2.67 bits per heavy atom. The molecule has 1 aromatic carbocycles. The van der Waals surface area contributed by atoms with Crippen LogP contribution in [0.25, 0.3) is 11.4 Å². The zero-order chi connectivity index (χ0) is 14.7. The van der Waals surface area contributed by atoms with Crippen LogP contribution >= 0.6 is 11.6 Å². The van der Waals surface area contributed by atoms with Crippen LogP contribution in [0.2, 0.25) is 5.15 Å². The number of anilines is 1. The van der Waals surface area contributed by atoms with Crippen molar-refractivity contribution in [2.24, 2.45) is 0 Å². The summed E-state index contributed by atoms with van der Waals surface area (Å²) < 4.78 is 18.2. The maximum Gasteiger partial charge on any atom is 0.163 e. The van der Waals surface area contributed by atoms with E-state index in [9.17, 15) is 4.39 Å². The second-order valence-electron chi connectivity index (χ2n) is 4.34. The molecular weight excluding hydrogens is 293 g/mol. The SMILES string of the molecule is Fc1ccc(-c2nc(Cl)cc(NCc3ccco3)n2)cc1. The number of hydrogen-bond donors (Lipinski definition) is 1. The predicted octanol–water partition coefficient (Wildman–Crippen LogP) is 4.14. The fourth-order valence-corrected chi connectivity index (χ4v) is 2.01. The van der Waals surface area contributed by atoms with Crippen LogP contribution in [0.5, 0.6) is 0 Å². The van der Waals surface area contributed by atoms with Gasteiger partial charge in [0.05, 0.1) is 12.8 Å². The van der Waals surface area contributed by atoms with Gasteiger partial charge in [0.25, 0.3) is 0 Å². The first-order valence-electron chi connectivity index (χ1n) is 6.27. The molecule has 0 unspecified atom stereocenters. The minimum atomic E-state index is -0.308. The Bertz CT molecular complexity index is 729. The van der Waals surface area contributed by atoms with Crippen molar-refractivity contribution in [3.63, 3.8) is 0 Å². The van der Waals surface area contributed by atoms with Gasteiger partial charge in [-0.05, 0) is 36.4 Å². The van der Waals surface area contributed by atoms with E-state index in [-0.39, 0.29) is 5.82 Å². The molecule has 0 bridgehead atoms. The molecule has 3 rings (SSSR count). The molecule has 2 aromatic heterocycles. The first-order chi connectivity index (χ1) is 10.2. The van der Waals surface area contributed by atoms with E-state index < -0.39 is 0 Å². The van der Waals surface area contributed by atoms with Crippen LogP contribution in [0, 0.1) is 5.82 Å². The van der Waals surface area contributed by atoms with Gasteiger partial charge in [0.2, 0.25) is 0 Å². The molecule has 4 nitrogen and oxygen atoms in total. The van der Waals surface area contributed by atoms with Gasteiger partial charge in [-0.15, -0.1) is 0 Å². The molecule has 1 N–H and O–H groups in total. The van der Waals surface area contributed by atoms with Crippen LogP contribution in [-0.2, 0) is 6.54 Å². The Balaban J connectivity index is 1.83. The largest absolute Gasteiger partial charge is 0.467 e. The average molecular weight is 304 g/mol. The van der Waals surface area contributed by atoms with Crippen LogP contribution in [0.1, 0.15) is 5.76 Å². The monoisotopic (exact) mass is 303 g/mol. The number of furan rings is 1. The maximum atomic E-state index is 12.9. The normalized spacial score (nSPS) is 10.6. The fraction of sp³-hybridized carbons (Fsp3) is 0.0667. The Kier molecular flexibility index (Phi) is 3.83. The zero-order valence-electron chi connectivity index (χ0n) is 10.9. The van der Waals surface area contributed by atoms with Crippen molar-refractivity contribution < 1.29 is 8.81 Å². The van der Waals surface area contributed by atoms with Crippen LogP contribution < -0.4 is 5.32 Å². The van der Waals surface area contributed by atoms with Gasteiger partial charge in [0.1, 0.15) is 22.5 Å². The van der Waals surface area contributed by atoms with Crippen molar-refractivity contribution in [2.45, 2.75) is 6.54 Å². The molecular formula is C15H11ClFN3O. The number of nitrogens with one attached hydrogen (secondary N) is 1. The van der Waals surface area contributed by atoms with Gasteiger partial charge in [-0.1, -0.05) is 11.6 Å². The number of nitrogens with zero attached hydrogens (tertiary/aromatic N) is 2. The lowest BCUT2D eigenvalue weighted by molar-refractivity contribution is 0.518. The van der Waals surface area contributed by atoms with E-state index in [1.54, 1.807) is 24.5 Å². The first-order valence-corrected chi connectivity index (χ1v) is 6.65. The number of halogens is 2. The van der Waals surface area contributed by atoms with Crippen molar-refractivity contribution in [3.8, 4) is 11.4 Å². The highest BCUT2D eigenvalue weighted by atomic mass is 35.5. The summed E-state index contributed by atoms with van der Waals surface area (Å²) in [6.45, 7) is 0.489. The number of hydrogen-bond acceptors (Lipinski definition) is 4. The van der Waals surface area contributed by atoms with Crippen LogP contribution in [0.4, 0.5) is 10.2 Å². The molecule has 0 aliphatic rings. The molecule has 106 valence electrons. The predicted molar refractivity (Wildman–Crippen MR) is 78.5 cm³/mol. The summed E-state index contributed by atoms with van der Waals surface area (Å²) in [7, 11) is 0. The first kappa shape index (κ1) is 13.6. The van der Waals surface area contributed by atoms with Crippen molar-refractivity contribution in [1.29, 1.82) is 0 Å². The summed E-state index contributed by atoms with van der Waals surface area (Å²) in [5, 5.41) is 3.42. The topological polar surface area (TPSA) is 51.0 Å². The minimum absolute atomic E-state index is 0.308. The second kappa shape index (κ2) is 5.93. The Morgan fingerprint density at radius 1 is 1.14 bits per heavy atom. The summed E-state index contributed by atoms with van der Waals surface area (Å²) in [6.07, 6.45) is 1.61. The quantitative estimate of drug-likeness (QED) is 0.736. The van der Waals surface area contributed by atoms with E-state index in [2.05, 4.69) is 15.3 Å². The van der Waals surface area contributed by atoms with E-state index in [1.165, 1.54) is 12.1 Å². The summed E-state index contributed by atoms with van der Waals surface area (Å²) in [4.78, 5) is 8.51. The van der Waals surface area contributed by atoms with Crippen molar-refractivity contribution in [3.05, 3.63) is 65.5 Å². The minimum Gasteiger partial charge on any atom is -0.467 e. The molecule has 0 radical (unpaired) electrons. The molecule has 0 aliphatic heterocycles. The molecule has 2 heterocycles. The Morgan fingerprint density at radius 2 is 1.95 bits per heavy atom. The van der Waals surface area contributed by atoms with Crippen LogP contribution in [-0.4, -0.2) is 9.97 Å².